The standard InChI is InChI=1S/C22H27N3O2/c26-13-7-6-12-20-17(16-10-4-5-11-19(16)23-20)14-18-21(24-25-22(18)27)15-8-2-1-3-9-15/h4-5,10-11,14-15,26H,1-3,6-9,12-13H2,(H2,24,25,27). The number of allylic oxidation sites excluding steroid dienone is 1. The lowest BCUT2D eigenvalue weighted by Gasteiger charge is -2.21. The largest absolute Gasteiger partial charge is 0.396 e. The average molecular weight is 365 g/mol. The van der Waals surface area contributed by atoms with E-state index in [0.717, 1.165) is 65.9 Å². The van der Waals surface area contributed by atoms with Gasteiger partial charge in [0, 0.05) is 35.1 Å². The molecule has 0 spiro atoms. The highest BCUT2D eigenvalue weighted by molar-refractivity contribution is 6.32. The predicted molar refractivity (Wildman–Crippen MR) is 110 cm³/mol. The molecule has 4 rings (SSSR count). The summed E-state index contributed by atoms with van der Waals surface area (Å²) in [7, 11) is 0. The molecule has 5 nitrogen and oxygen atoms in total. The number of aromatic nitrogens is 2. The fourth-order valence-electron chi connectivity index (χ4n) is 4.30. The molecule has 0 saturated heterocycles. The average Bonchev–Trinajstić information content (AvgIpc) is 3.24. The first-order valence-corrected chi connectivity index (χ1v) is 10.1. The maximum Gasteiger partial charge on any atom is 0.271 e. The molecule has 2 aliphatic rings. The molecule has 0 radical (unpaired) electrons. The van der Waals surface area contributed by atoms with E-state index in [1.165, 1.54) is 19.3 Å². The number of fused-ring (bicyclic) bond motifs is 1. The number of unbranched alkanes of at least 4 members (excludes halogenated alkanes) is 1. The Labute approximate surface area is 159 Å². The number of benzene rings is 1. The molecule has 2 aromatic rings. The van der Waals surface area contributed by atoms with Gasteiger partial charge in [-0.2, -0.15) is 0 Å². The summed E-state index contributed by atoms with van der Waals surface area (Å²) in [4.78, 5) is 17.3. The quantitative estimate of drug-likeness (QED) is 0.657. The highest BCUT2D eigenvalue weighted by Crippen LogP contribution is 2.38. The molecule has 2 heterocycles. The number of aliphatic imine (C=N–C) groups is 1. The smallest absolute Gasteiger partial charge is 0.271 e. The van der Waals surface area contributed by atoms with Crippen molar-refractivity contribution >= 4 is 23.0 Å². The van der Waals surface area contributed by atoms with Gasteiger partial charge in [0.25, 0.3) is 5.56 Å². The van der Waals surface area contributed by atoms with Crippen molar-refractivity contribution in [3.8, 4) is 0 Å². The van der Waals surface area contributed by atoms with Gasteiger partial charge in [-0.15, -0.1) is 0 Å². The van der Waals surface area contributed by atoms with Crippen LogP contribution in [0.3, 0.4) is 0 Å². The summed E-state index contributed by atoms with van der Waals surface area (Å²) in [5.41, 5.74) is 5.86. The van der Waals surface area contributed by atoms with Gasteiger partial charge in [0.05, 0.1) is 11.3 Å². The van der Waals surface area contributed by atoms with Gasteiger partial charge in [0.1, 0.15) is 0 Å². The lowest BCUT2D eigenvalue weighted by molar-refractivity contribution is 0.285. The topological polar surface area (TPSA) is 81.2 Å². The normalized spacial score (nSPS) is 18.7. The van der Waals surface area contributed by atoms with Crippen LogP contribution < -0.4 is 5.56 Å². The molecule has 0 atom stereocenters. The van der Waals surface area contributed by atoms with Crippen molar-refractivity contribution < 1.29 is 5.11 Å². The maximum absolute atomic E-state index is 12.5. The molecule has 3 N–H and O–H groups in total. The third-order valence-corrected chi connectivity index (χ3v) is 5.73. The molecule has 1 fully saturated rings. The third-order valence-electron chi connectivity index (χ3n) is 5.73. The Morgan fingerprint density at radius 1 is 1.11 bits per heavy atom. The Hall–Kier alpha value is -2.40. The Bertz CT molecular complexity index is 914. The molecule has 1 aliphatic heterocycles. The number of rotatable bonds is 6. The second-order valence-corrected chi connectivity index (χ2v) is 7.56. The van der Waals surface area contributed by atoms with Gasteiger partial charge < -0.3 is 10.2 Å². The van der Waals surface area contributed by atoms with Crippen molar-refractivity contribution in [3.63, 3.8) is 0 Å². The Kier molecular flexibility index (Phi) is 5.39. The molecule has 0 amide bonds. The Morgan fingerprint density at radius 3 is 2.74 bits per heavy atom. The van der Waals surface area contributed by atoms with Gasteiger partial charge in [-0.05, 0) is 44.2 Å². The van der Waals surface area contributed by atoms with Crippen LogP contribution in [-0.2, 0) is 0 Å². The summed E-state index contributed by atoms with van der Waals surface area (Å²) < 4.78 is 0. The van der Waals surface area contributed by atoms with Gasteiger partial charge in [-0.3, -0.25) is 14.9 Å². The van der Waals surface area contributed by atoms with E-state index < -0.39 is 0 Å². The van der Waals surface area contributed by atoms with Crippen LogP contribution in [0.15, 0.2) is 34.1 Å². The zero-order chi connectivity index (χ0) is 18.6. The van der Waals surface area contributed by atoms with Crippen molar-refractivity contribution in [2.45, 2.75) is 57.3 Å². The van der Waals surface area contributed by atoms with Gasteiger partial charge in [-0.25, -0.2) is 0 Å². The van der Waals surface area contributed by atoms with Gasteiger partial charge >= 0.3 is 0 Å². The molecule has 142 valence electrons. The molecular weight excluding hydrogens is 338 g/mol. The van der Waals surface area contributed by atoms with E-state index in [9.17, 15) is 4.79 Å². The summed E-state index contributed by atoms with van der Waals surface area (Å²) in [6, 6.07) is 8.10. The maximum atomic E-state index is 12.5. The number of aliphatic hydroxyl groups excluding tert-OH is 1. The van der Waals surface area contributed by atoms with E-state index in [-0.39, 0.29) is 12.2 Å². The van der Waals surface area contributed by atoms with E-state index >= 15 is 0 Å². The number of aromatic amines is 2. The van der Waals surface area contributed by atoms with Crippen molar-refractivity contribution in [1.82, 2.24) is 10.2 Å². The van der Waals surface area contributed by atoms with Crippen LogP contribution in [0, 0.1) is 0 Å². The minimum Gasteiger partial charge on any atom is -0.396 e. The van der Waals surface area contributed by atoms with Crippen LogP contribution in [0.5, 0.6) is 0 Å². The lowest BCUT2D eigenvalue weighted by Crippen LogP contribution is -2.09. The first kappa shape index (κ1) is 18.0. The van der Waals surface area contributed by atoms with Gasteiger partial charge in [-0.1, -0.05) is 37.5 Å². The highest BCUT2D eigenvalue weighted by atomic mass is 16.2. The van der Waals surface area contributed by atoms with Crippen molar-refractivity contribution in [2.24, 2.45) is 4.99 Å². The number of nitrogens with zero attached hydrogens (tertiary/aromatic N) is 1. The van der Waals surface area contributed by atoms with E-state index in [2.05, 4.69) is 16.3 Å². The van der Waals surface area contributed by atoms with Crippen molar-refractivity contribution in [3.05, 3.63) is 51.4 Å². The Morgan fingerprint density at radius 2 is 1.93 bits per heavy atom. The van der Waals surface area contributed by atoms with Crippen LogP contribution >= 0.6 is 0 Å². The van der Waals surface area contributed by atoms with E-state index in [1.807, 2.05) is 24.3 Å². The molecule has 1 aromatic heterocycles. The van der Waals surface area contributed by atoms with Crippen molar-refractivity contribution in [2.75, 3.05) is 6.61 Å². The van der Waals surface area contributed by atoms with Crippen LogP contribution in [0.1, 0.15) is 74.1 Å². The molecule has 5 heteroatoms. The molecule has 1 aliphatic carbocycles. The highest BCUT2D eigenvalue weighted by Gasteiger charge is 2.24. The fraction of sp³-hybridized carbons (Fsp3) is 0.455. The van der Waals surface area contributed by atoms with Crippen LogP contribution in [0.4, 0.5) is 5.69 Å². The molecule has 27 heavy (non-hydrogen) atoms. The summed E-state index contributed by atoms with van der Waals surface area (Å²) in [6.45, 7) is 0.197. The molecule has 0 bridgehead atoms. The number of para-hydroxylation sites is 1. The Balaban J connectivity index is 1.72. The molecule has 1 saturated carbocycles. The molecular formula is C22H27N3O2. The fourth-order valence-corrected chi connectivity index (χ4v) is 4.30. The van der Waals surface area contributed by atoms with Crippen LogP contribution in [0.2, 0.25) is 0 Å². The van der Waals surface area contributed by atoms with E-state index in [4.69, 9.17) is 10.1 Å². The second-order valence-electron chi connectivity index (χ2n) is 7.56. The minimum absolute atomic E-state index is 0.0536. The first-order chi connectivity index (χ1) is 13.3. The number of nitrogens with one attached hydrogen (secondary N) is 2. The van der Waals surface area contributed by atoms with E-state index in [0.29, 0.717) is 5.92 Å². The monoisotopic (exact) mass is 365 g/mol. The van der Waals surface area contributed by atoms with Crippen molar-refractivity contribution in [1.29, 1.82) is 0 Å². The number of H-pyrrole nitrogens is 2. The number of hydrogen-bond acceptors (Lipinski definition) is 3. The van der Waals surface area contributed by atoms with Gasteiger partial charge in [0.2, 0.25) is 0 Å². The third kappa shape index (κ3) is 3.69. The first-order valence-electron chi connectivity index (χ1n) is 10.1. The summed E-state index contributed by atoms with van der Waals surface area (Å²) in [6.07, 6.45) is 10.5. The molecule has 0 unspecified atom stereocenters. The number of hydrogen-bond donors (Lipinski definition) is 3. The predicted octanol–water partition coefficient (Wildman–Crippen LogP) is 4.54. The lowest BCUT2D eigenvalue weighted by atomic mass is 9.85. The number of aliphatic hydroxyl groups is 1. The summed E-state index contributed by atoms with van der Waals surface area (Å²) in [5, 5.41) is 15.1. The second kappa shape index (κ2) is 8.09. The zero-order valence-corrected chi connectivity index (χ0v) is 15.6. The SMILES string of the molecule is O=c1[nH][nH]c(C2CCCCC2)c1C=C1C(CCCCO)=Nc2ccccc21. The molecule has 1 aromatic carbocycles. The van der Waals surface area contributed by atoms with E-state index in [1.54, 1.807) is 0 Å². The summed E-state index contributed by atoms with van der Waals surface area (Å²) in [5.74, 6) is 0.427. The summed E-state index contributed by atoms with van der Waals surface area (Å²) >= 11 is 0. The minimum atomic E-state index is -0.0536. The zero-order valence-electron chi connectivity index (χ0n) is 15.6. The van der Waals surface area contributed by atoms with Crippen LogP contribution in [-0.4, -0.2) is 27.6 Å². The van der Waals surface area contributed by atoms with Gasteiger partial charge in [0.15, 0.2) is 0 Å². The van der Waals surface area contributed by atoms with Crippen LogP contribution in [0.25, 0.3) is 11.6 Å².